The van der Waals surface area contributed by atoms with E-state index in [-0.39, 0.29) is 12.5 Å². The Balaban J connectivity index is 2.15. The molecule has 9 heteroatoms. The van der Waals surface area contributed by atoms with Crippen molar-refractivity contribution in [3.63, 3.8) is 0 Å². The molecule has 7 unspecified atom stereocenters. The lowest BCUT2D eigenvalue weighted by Gasteiger charge is -2.40. The molecule has 1 rings (SSSR count). The minimum Gasteiger partial charge on any atom is -0.394 e. The van der Waals surface area contributed by atoms with E-state index in [1.54, 1.807) is 6.08 Å². The van der Waals surface area contributed by atoms with E-state index in [9.17, 15) is 30.3 Å². The van der Waals surface area contributed by atoms with Crippen LogP contribution in [0.25, 0.3) is 0 Å². The molecule has 0 aromatic rings. The largest absolute Gasteiger partial charge is 0.394 e. The number of aliphatic hydroxyl groups excluding tert-OH is 5. The molecular formula is C69H127NO8. The van der Waals surface area contributed by atoms with Crippen molar-refractivity contribution in [3.8, 4) is 0 Å². The molecule has 0 spiro atoms. The SMILES string of the molecule is CC/C=C\C/C=C\C/C=C\C/C=C\CCCCCCCCCCCCCCC(=O)NC(COC1OC(CO)C(O)C(O)C1O)C(O)/C=C/CCCCCCCCCCCCCCCCCCCCCCCCCCCCCC. The van der Waals surface area contributed by atoms with Gasteiger partial charge in [-0.25, -0.2) is 0 Å². The summed E-state index contributed by atoms with van der Waals surface area (Å²) >= 11 is 0. The first kappa shape index (κ1) is 73.9. The molecule has 0 aromatic heterocycles. The summed E-state index contributed by atoms with van der Waals surface area (Å²) in [6, 6.07) is -0.810. The molecule has 7 atom stereocenters. The Morgan fingerprint density at radius 1 is 0.449 bits per heavy atom. The zero-order valence-corrected chi connectivity index (χ0v) is 50.9. The number of carbonyl (C=O) groups excluding carboxylic acids is 1. The Morgan fingerprint density at radius 2 is 0.795 bits per heavy atom. The van der Waals surface area contributed by atoms with Crippen molar-refractivity contribution >= 4 is 5.91 Å². The van der Waals surface area contributed by atoms with Gasteiger partial charge in [0.05, 0.1) is 25.4 Å². The van der Waals surface area contributed by atoms with Crippen LogP contribution < -0.4 is 5.32 Å². The van der Waals surface area contributed by atoms with Gasteiger partial charge in [-0.3, -0.25) is 4.79 Å². The average Bonchev–Trinajstić information content (AvgIpc) is 3.45. The molecule has 1 fully saturated rings. The molecule has 1 saturated heterocycles. The Kier molecular flexibility index (Phi) is 55.0. The van der Waals surface area contributed by atoms with Crippen molar-refractivity contribution in [2.75, 3.05) is 13.2 Å². The molecule has 0 aromatic carbocycles. The topological polar surface area (TPSA) is 149 Å². The third-order valence-electron chi connectivity index (χ3n) is 15.8. The van der Waals surface area contributed by atoms with Gasteiger partial charge < -0.3 is 40.3 Å². The molecule has 9 nitrogen and oxygen atoms in total. The summed E-state index contributed by atoms with van der Waals surface area (Å²) in [6.07, 6.45) is 73.1. The monoisotopic (exact) mass is 1100 g/mol. The van der Waals surface area contributed by atoms with Crippen LogP contribution in [0.2, 0.25) is 0 Å². The summed E-state index contributed by atoms with van der Waals surface area (Å²) in [6.45, 7) is 3.70. The minimum absolute atomic E-state index is 0.177. The van der Waals surface area contributed by atoms with E-state index in [0.29, 0.717) is 6.42 Å². The van der Waals surface area contributed by atoms with Crippen LogP contribution >= 0.6 is 0 Å². The highest BCUT2D eigenvalue weighted by Crippen LogP contribution is 2.23. The van der Waals surface area contributed by atoms with Crippen molar-refractivity contribution < 1.29 is 39.8 Å². The molecular weight excluding hydrogens is 971 g/mol. The van der Waals surface area contributed by atoms with Gasteiger partial charge in [-0.15, -0.1) is 0 Å². The number of hydrogen-bond acceptors (Lipinski definition) is 8. The van der Waals surface area contributed by atoms with Crippen LogP contribution in [0.15, 0.2) is 60.8 Å². The minimum atomic E-state index is -1.57. The quantitative estimate of drug-likeness (QED) is 0.0261. The number of nitrogens with one attached hydrogen (secondary N) is 1. The molecule has 456 valence electrons. The van der Waals surface area contributed by atoms with Gasteiger partial charge in [0.15, 0.2) is 6.29 Å². The van der Waals surface area contributed by atoms with Crippen LogP contribution in [0.3, 0.4) is 0 Å². The number of allylic oxidation sites excluding steroid dienone is 9. The molecule has 0 bridgehead atoms. The van der Waals surface area contributed by atoms with Gasteiger partial charge in [0.2, 0.25) is 5.91 Å². The Hall–Kier alpha value is -2.11. The highest BCUT2D eigenvalue weighted by molar-refractivity contribution is 5.76. The second kappa shape index (κ2) is 58.1. The summed E-state index contributed by atoms with van der Waals surface area (Å²) in [7, 11) is 0. The third kappa shape index (κ3) is 46.5. The highest BCUT2D eigenvalue weighted by Gasteiger charge is 2.44. The fourth-order valence-corrected chi connectivity index (χ4v) is 10.6. The van der Waals surface area contributed by atoms with Crippen LogP contribution in [0.1, 0.15) is 316 Å². The van der Waals surface area contributed by atoms with E-state index in [0.717, 1.165) is 64.2 Å². The van der Waals surface area contributed by atoms with Gasteiger partial charge >= 0.3 is 0 Å². The second-order valence-corrected chi connectivity index (χ2v) is 23.2. The second-order valence-electron chi connectivity index (χ2n) is 23.2. The van der Waals surface area contributed by atoms with E-state index in [1.165, 1.54) is 231 Å². The Morgan fingerprint density at radius 3 is 1.18 bits per heavy atom. The zero-order chi connectivity index (χ0) is 56.5. The van der Waals surface area contributed by atoms with E-state index >= 15 is 0 Å². The normalized spacial score (nSPS) is 19.0. The van der Waals surface area contributed by atoms with Crippen LogP contribution in [0, 0.1) is 0 Å². The maximum Gasteiger partial charge on any atom is 0.220 e. The first-order valence-corrected chi connectivity index (χ1v) is 33.5. The lowest BCUT2D eigenvalue weighted by atomic mass is 9.99. The molecule has 0 radical (unpaired) electrons. The fraction of sp³-hybridized carbons (Fsp3) is 0.841. The van der Waals surface area contributed by atoms with E-state index in [2.05, 4.69) is 67.8 Å². The maximum atomic E-state index is 13.1. The summed E-state index contributed by atoms with van der Waals surface area (Å²) in [5.41, 5.74) is 0. The molecule has 1 aliphatic rings. The van der Waals surface area contributed by atoms with Gasteiger partial charge in [-0.1, -0.05) is 312 Å². The van der Waals surface area contributed by atoms with Crippen molar-refractivity contribution in [2.24, 2.45) is 0 Å². The molecule has 0 saturated carbocycles. The summed E-state index contributed by atoms with van der Waals surface area (Å²) in [5, 5.41) is 54.7. The Bertz CT molecular complexity index is 1410. The van der Waals surface area contributed by atoms with Crippen molar-refractivity contribution in [1.82, 2.24) is 5.32 Å². The zero-order valence-electron chi connectivity index (χ0n) is 50.9. The van der Waals surface area contributed by atoms with Gasteiger partial charge in [0.25, 0.3) is 0 Å². The summed E-state index contributed by atoms with van der Waals surface area (Å²) in [5.74, 6) is -0.177. The molecule has 6 N–H and O–H groups in total. The van der Waals surface area contributed by atoms with Crippen molar-refractivity contribution in [2.45, 2.75) is 358 Å². The van der Waals surface area contributed by atoms with Gasteiger partial charge in [0.1, 0.15) is 24.4 Å². The number of rotatable bonds is 58. The smallest absolute Gasteiger partial charge is 0.220 e. The maximum absolute atomic E-state index is 13.1. The molecule has 78 heavy (non-hydrogen) atoms. The van der Waals surface area contributed by atoms with Crippen molar-refractivity contribution in [1.29, 1.82) is 0 Å². The number of hydrogen-bond donors (Lipinski definition) is 6. The van der Waals surface area contributed by atoms with Gasteiger partial charge in [0, 0.05) is 6.42 Å². The molecule has 1 heterocycles. The summed E-state index contributed by atoms with van der Waals surface area (Å²) in [4.78, 5) is 13.1. The van der Waals surface area contributed by atoms with Gasteiger partial charge in [-0.2, -0.15) is 0 Å². The summed E-state index contributed by atoms with van der Waals surface area (Å²) < 4.78 is 11.3. The fourth-order valence-electron chi connectivity index (χ4n) is 10.6. The predicted octanol–water partition coefficient (Wildman–Crippen LogP) is 17.8. The molecule has 1 amide bonds. The predicted molar refractivity (Wildman–Crippen MR) is 332 cm³/mol. The number of unbranched alkanes of at least 4 members (excludes halogenated alkanes) is 40. The first-order valence-electron chi connectivity index (χ1n) is 33.5. The number of aliphatic hydroxyl groups is 5. The van der Waals surface area contributed by atoms with Gasteiger partial charge in [-0.05, 0) is 57.8 Å². The Labute approximate surface area is 481 Å². The van der Waals surface area contributed by atoms with Crippen LogP contribution in [0.4, 0.5) is 0 Å². The lowest BCUT2D eigenvalue weighted by Crippen LogP contribution is -2.60. The van der Waals surface area contributed by atoms with E-state index < -0.39 is 49.5 Å². The number of ether oxygens (including phenoxy) is 2. The van der Waals surface area contributed by atoms with Crippen molar-refractivity contribution in [3.05, 3.63) is 60.8 Å². The number of carbonyl (C=O) groups is 1. The van der Waals surface area contributed by atoms with Crippen LogP contribution in [-0.4, -0.2) is 87.5 Å². The van der Waals surface area contributed by atoms with Crippen LogP contribution in [-0.2, 0) is 14.3 Å². The third-order valence-corrected chi connectivity index (χ3v) is 15.8. The molecule has 1 aliphatic heterocycles. The number of amides is 1. The lowest BCUT2D eigenvalue weighted by molar-refractivity contribution is -0.302. The molecule has 0 aliphatic carbocycles. The first-order chi connectivity index (χ1) is 38.3. The average molecular weight is 1100 g/mol. The van der Waals surface area contributed by atoms with E-state index in [4.69, 9.17) is 9.47 Å². The standard InChI is InChI=1S/C69H127NO8/c1-3-5-7-9-11-13-15-17-19-21-23-25-27-29-30-31-32-33-35-36-38-40-42-44-46-48-50-52-54-56-58-63(72)62(61-77-69-68(76)67(75)66(74)64(60-71)78-69)70-65(73)59-57-55-53-51-49-47-45-43-41-39-37-34-28-26-24-22-20-18-16-14-12-10-8-6-4-2/h6,8,12,14,18,20,24,26,56,58,62-64,66-69,71-72,74-76H,3-5,7,9-11,13,15-17,19,21-23,25,27-55,57,59-61H2,1-2H3,(H,70,73)/b8-6-,14-12-,20-18-,26-24-,58-56+. The highest BCUT2D eigenvalue weighted by atomic mass is 16.7. The van der Waals surface area contributed by atoms with Crippen LogP contribution in [0.5, 0.6) is 0 Å². The van der Waals surface area contributed by atoms with E-state index in [1.807, 2.05) is 6.08 Å².